The van der Waals surface area contributed by atoms with E-state index in [9.17, 15) is 18.7 Å². The summed E-state index contributed by atoms with van der Waals surface area (Å²) in [6, 6.07) is 12.5. The molecule has 2 aromatic rings. The molecule has 1 amide bonds. The third-order valence-corrected chi connectivity index (χ3v) is 3.83. The van der Waals surface area contributed by atoms with E-state index in [4.69, 9.17) is 0 Å². The maximum Gasteiger partial charge on any atom is 0.387 e. The number of aliphatic hydroxyl groups excluding tert-OH is 1. The van der Waals surface area contributed by atoms with Gasteiger partial charge in [0.1, 0.15) is 5.75 Å². The number of benzene rings is 2. The van der Waals surface area contributed by atoms with Crippen molar-refractivity contribution in [3.05, 3.63) is 65.2 Å². The minimum atomic E-state index is -2.90. The number of hydrogen-bond acceptors (Lipinski definition) is 3. The van der Waals surface area contributed by atoms with Crippen LogP contribution in [0.15, 0.2) is 48.5 Å². The molecule has 2 unspecified atom stereocenters. The Balaban J connectivity index is 1.72. The molecule has 0 saturated carbocycles. The monoisotopic (exact) mass is 319 g/mol. The van der Waals surface area contributed by atoms with Crippen LogP contribution in [0.5, 0.6) is 5.75 Å². The number of halogens is 2. The second-order valence-corrected chi connectivity index (χ2v) is 5.32. The van der Waals surface area contributed by atoms with Crippen LogP contribution in [-0.4, -0.2) is 23.7 Å². The van der Waals surface area contributed by atoms with Crippen molar-refractivity contribution in [1.82, 2.24) is 5.32 Å². The molecule has 0 saturated heterocycles. The van der Waals surface area contributed by atoms with Gasteiger partial charge in [0.2, 0.25) is 0 Å². The zero-order valence-corrected chi connectivity index (χ0v) is 12.1. The molecule has 0 aromatic heterocycles. The van der Waals surface area contributed by atoms with E-state index < -0.39 is 18.8 Å². The van der Waals surface area contributed by atoms with Crippen molar-refractivity contribution in [1.29, 1.82) is 0 Å². The molecule has 0 bridgehead atoms. The van der Waals surface area contributed by atoms with E-state index in [1.807, 2.05) is 24.3 Å². The first-order valence-corrected chi connectivity index (χ1v) is 7.16. The minimum Gasteiger partial charge on any atom is -0.435 e. The van der Waals surface area contributed by atoms with Crippen LogP contribution in [0.2, 0.25) is 0 Å². The van der Waals surface area contributed by atoms with Crippen LogP contribution >= 0.6 is 0 Å². The van der Waals surface area contributed by atoms with Crippen molar-refractivity contribution >= 4 is 5.91 Å². The van der Waals surface area contributed by atoms with Gasteiger partial charge in [-0.2, -0.15) is 8.78 Å². The summed E-state index contributed by atoms with van der Waals surface area (Å²) in [4.78, 5) is 12.3. The Kier molecular flexibility index (Phi) is 4.25. The van der Waals surface area contributed by atoms with Crippen molar-refractivity contribution in [2.75, 3.05) is 0 Å². The van der Waals surface area contributed by atoms with Gasteiger partial charge < -0.3 is 15.2 Å². The molecule has 0 fully saturated rings. The number of rotatable bonds is 4. The largest absolute Gasteiger partial charge is 0.435 e. The highest BCUT2D eigenvalue weighted by Gasteiger charge is 2.31. The lowest BCUT2D eigenvalue weighted by Gasteiger charge is -2.18. The third kappa shape index (κ3) is 3.32. The molecular weight excluding hydrogens is 304 g/mol. The minimum absolute atomic E-state index is 0.0113. The van der Waals surface area contributed by atoms with Crippen LogP contribution in [0.25, 0.3) is 0 Å². The van der Waals surface area contributed by atoms with Gasteiger partial charge in [-0.3, -0.25) is 4.79 Å². The second-order valence-electron chi connectivity index (χ2n) is 5.32. The molecule has 1 aliphatic rings. The molecule has 6 heteroatoms. The fourth-order valence-corrected chi connectivity index (χ4v) is 2.76. The third-order valence-electron chi connectivity index (χ3n) is 3.83. The van der Waals surface area contributed by atoms with Crippen molar-refractivity contribution in [2.45, 2.75) is 25.2 Å². The number of carbonyl (C=O) groups is 1. The summed E-state index contributed by atoms with van der Waals surface area (Å²) in [6.45, 7) is -2.90. The Morgan fingerprint density at radius 1 is 1.17 bits per heavy atom. The van der Waals surface area contributed by atoms with Gasteiger partial charge in [0.05, 0.1) is 12.1 Å². The maximum absolute atomic E-state index is 12.3. The summed E-state index contributed by atoms with van der Waals surface area (Å²) in [5.74, 6) is -0.392. The molecule has 2 aromatic carbocycles. The molecule has 0 radical (unpaired) electrons. The van der Waals surface area contributed by atoms with Gasteiger partial charge in [0, 0.05) is 12.0 Å². The van der Waals surface area contributed by atoms with E-state index in [0.29, 0.717) is 12.0 Å². The molecule has 1 aliphatic carbocycles. The van der Waals surface area contributed by atoms with Gasteiger partial charge in [-0.05, 0) is 35.4 Å². The van der Waals surface area contributed by atoms with Gasteiger partial charge in [-0.25, -0.2) is 0 Å². The van der Waals surface area contributed by atoms with Gasteiger partial charge in [0.15, 0.2) is 0 Å². The number of hydrogen-bond donors (Lipinski definition) is 2. The Labute approximate surface area is 131 Å². The molecule has 0 heterocycles. The molecule has 4 nitrogen and oxygen atoms in total. The lowest BCUT2D eigenvalue weighted by atomic mass is 10.1. The molecule has 0 spiro atoms. The van der Waals surface area contributed by atoms with Crippen molar-refractivity contribution < 1.29 is 23.4 Å². The van der Waals surface area contributed by atoms with Crippen LogP contribution in [0.1, 0.15) is 27.5 Å². The molecule has 0 aliphatic heterocycles. The predicted octanol–water partition coefficient (Wildman–Crippen LogP) is 2.68. The van der Waals surface area contributed by atoms with Crippen LogP contribution < -0.4 is 10.1 Å². The topological polar surface area (TPSA) is 58.6 Å². The average molecular weight is 319 g/mol. The molecule has 2 atom stereocenters. The zero-order valence-electron chi connectivity index (χ0n) is 12.1. The number of alkyl halides is 2. The van der Waals surface area contributed by atoms with Gasteiger partial charge in [-0.1, -0.05) is 24.3 Å². The summed E-state index contributed by atoms with van der Waals surface area (Å²) in [7, 11) is 0. The standard InChI is InChI=1S/C17H15F2NO3/c18-17(19)23-12-7-5-10(6-8-12)16(22)20-15-13-4-2-1-3-11(13)9-14(15)21/h1-8,14-15,17,21H,9H2,(H,20,22). The summed E-state index contributed by atoms with van der Waals surface area (Å²) >= 11 is 0. The molecule has 2 N–H and O–H groups in total. The second kappa shape index (κ2) is 6.34. The fraction of sp³-hybridized carbons (Fsp3) is 0.235. The predicted molar refractivity (Wildman–Crippen MR) is 79.4 cm³/mol. The lowest BCUT2D eigenvalue weighted by Crippen LogP contribution is -2.33. The number of fused-ring (bicyclic) bond motifs is 1. The highest BCUT2D eigenvalue weighted by Crippen LogP contribution is 2.31. The van der Waals surface area contributed by atoms with E-state index >= 15 is 0 Å². The summed E-state index contributed by atoms with van der Waals surface area (Å²) in [5, 5.41) is 12.9. The zero-order chi connectivity index (χ0) is 16.4. The lowest BCUT2D eigenvalue weighted by molar-refractivity contribution is -0.0498. The van der Waals surface area contributed by atoms with Gasteiger partial charge >= 0.3 is 6.61 Å². The number of ether oxygens (including phenoxy) is 1. The quantitative estimate of drug-likeness (QED) is 0.911. The molecule has 3 rings (SSSR count). The van der Waals surface area contributed by atoms with E-state index in [-0.39, 0.29) is 11.7 Å². The van der Waals surface area contributed by atoms with E-state index in [1.165, 1.54) is 24.3 Å². The summed E-state index contributed by atoms with van der Waals surface area (Å²) < 4.78 is 28.5. The molecular formula is C17H15F2NO3. The number of amides is 1. The normalized spacial score (nSPS) is 19.5. The van der Waals surface area contributed by atoms with E-state index in [0.717, 1.165) is 11.1 Å². The van der Waals surface area contributed by atoms with Crippen LogP contribution in [-0.2, 0) is 6.42 Å². The molecule has 120 valence electrons. The van der Waals surface area contributed by atoms with Crippen LogP contribution in [0.3, 0.4) is 0 Å². The van der Waals surface area contributed by atoms with Crippen LogP contribution in [0.4, 0.5) is 8.78 Å². The summed E-state index contributed by atoms with van der Waals surface area (Å²) in [5.41, 5.74) is 2.21. The highest BCUT2D eigenvalue weighted by atomic mass is 19.3. The molecule has 23 heavy (non-hydrogen) atoms. The Hall–Kier alpha value is -2.47. The first kappa shape index (κ1) is 15.4. The highest BCUT2D eigenvalue weighted by molar-refractivity contribution is 5.94. The Morgan fingerprint density at radius 2 is 1.87 bits per heavy atom. The van der Waals surface area contributed by atoms with Gasteiger partial charge in [-0.15, -0.1) is 0 Å². The number of carbonyl (C=O) groups excluding carboxylic acids is 1. The smallest absolute Gasteiger partial charge is 0.387 e. The van der Waals surface area contributed by atoms with Crippen molar-refractivity contribution in [2.24, 2.45) is 0 Å². The fourth-order valence-electron chi connectivity index (χ4n) is 2.76. The maximum atomic E-state index is 12.3. The first-order valence-electron chi connectivity index (χ1n) is 7.16. The van der Waals surface area contributed by atoms with Crippen molar-refractivity contribution in [3.8, 4) is 5.75 Å². The summed E-state index contributed by atoms with van der Waals surface area (Å²) in [6.07, 6.45) is -0.194. The SMILES string of the molecule is O=C(NC1c2ccccc2CC1O)c1ccc(OC(F)F)cc1. The van der Waals surface area contributed by atoms with Gasteiger partial charge in [0.25, 0.3) is 5.91 Å². The number of nitrogens with one attached hydrogen (secondary N) is 1. The Bertz CT molecular complexity index is 703. The van der Waals surface area contributed by atoms with E-state index in [2.05, 4.69) is 10.1 Å². The number of aliphatic hydroxyl groups is 1. The van der Waals surface area contributed by atoms with Crippen molar-refractivity contribution in [3.63, 3.8) is 0 Å². The van der Waals surface area contributed by atoms with E-state index in [1.54, 1.807) is 0 Å². The van der Waals surface area contributed by atoms with Crippen LogP contribution in [0, 0.1) is 0 Å². The first-order chi connectivity index (χ1) is 11.0. The average Bonchev–Trinajstić information content (AvgIpc) is 2.83. The Morgan fingerprint density at radius 3 is 2.57 bits per heavy atom.